The van der Waals surface area contributed by atoms with Crippen LogP contribution in [0, 0.1) is 11.8 Å². The normalized spacial score (nSPS) is 34.1. The minimum absolute atomic E-state index is 0.298. The molecule has 0 aromatic heterocycles. The highest BCUT2D eigenvalue weighted by Crippen LogP contribution is 2.43. The summed E-state index contributed by atoms with van der Waals surface area (Å²) in [5.74, 6) is 1.77. The Morgan fingerprint density at radius 3 is 2.65 bits per heavy atom. The van der Waals surface area contributed by atoms with Gasteiger partial charge in [-0.25, -0.2) is 0 Å². The van der Waals surface area contributed by atoms with E-state index in [0.29, 0.717) is 11.6 Å². The number of rotatable bonds is 4. The predicted octanol–water partition coefficient (Wildman–Crippen LogP) is 3.24. The quantitative estimate of drug-likeness (QED) is 0.814. The Bertz CT molecular complexity index is 256. The van der Waals surface area contributed by atoms with Gasteiger partial charge in [0.2, 0.25) is 0 Å². The fourth-order valence-electron chi connectivity index (χ4n) is 3.93. The molecule has 2 unspecified atom stereocenters. The van der Waals surface area contributed by atoms with E-state index in [4.69, 9.17) is 10.5 Å². The first-order valence-electron chi connectivity index (χ1n) is 7.67. The van der Waals surface area contributed by atoms with Gasteiger partial charge in [-0.2, -0.15) is 0 Å². The van der Waals surface area contributed by atoms with Crippen LogP contribution in [0.2, 0.25) is 0 Å². The highest BCUT2D eigenvalue weighted by Gasteiger charge is 2.40. The van der Waals surface area contributed by atoms with E-state index < -0.39 is 0 Å². The Balaban J connectivity index is 1.46. The van der Waals surface area contributed by atoms with Crippen LogP contribution < -0.4 is 5.73 Å². The lowest BCUT2D eigenvalue weighted by atomic mass is 9.81. The van der Waals surface area contributed by atoms with Crippen molar-refractivity contribution in [1.82, 2.24) is 0 Å². The van der Waals surface area contributed by atoms with Crippen molar-refractivity contribution in [2.75, 3.05) is 6.61 Å². The molecule has 0 aromatic carbocycles. The summed E-state index contributed by atoms with van der Waals surface area (Å²) in [6.07, 6.45) is 13.4. The van der Waals surface area contributed by atoms with Gasteiger partial charge in [0, 0.05) is 12.6 Å². The van der Waals surface area contributed by atoms with Gasteiger partial charge in [0.05, 0.1) is 5.60 Å². The van der Waals surface area contributed by atoms with E-state index in [1.165, 1.54) is 64.2 Å². The maximum absolute atomic E-state index is 6.21. The highest BCUT2D eigenvalue weighted by molar-refractivity contribution is 4.92. The molecule has 3 rings (SSSR count). The van der Waals surface area contributed by atoms with Crippen molar-refractivity contribution in [3.8, 4) is 0 Å². The molecule has 2 atom stereocenters. The van der Waals surface area contributed by atoms with Crippen LogP contribution in [0.25, 0.3) is 0 Å². The average molecular weight is 237 g/mol. The first-order valence-corrected chi connectivity index (χ1v) is 7.67. The van der Waals surface area contributed by atoms with Crippen LogP contribution in [-0.4, -0.2) is 18.2 Å². The van der Waals surface area contributed by atoms with Crippen molar-refractivity contribution < 1.29 is 4.74 Å². The molecule has 2 aliphatic carbocycles. The van der Waals surface area contributed by atoms with Gasteiger partial charge in [-0.1, -0.05) is 12.8 Å². The van der Waals surface area contributed by atoms with E-state index in [0.717, 1.165) is 18.4 Å². The Morgan fingerprint density at radius 2 is 1.94 bits per heavy atom. The fraction of sp³-hybridized carbons (Fsp3) is 1.00. The molecule has 3 fully saturated rings. The molecular formula is C15H27NO. The molecule has 1 saturated heterocycles. The molecule has 2 N–H and O–H groups in total. The Kier molecular flexibility index (Phi) is 3.45. The van der Waals surface area contributed by atoms with Gasteiger partial charge < -0.3 is 10.5 Å². The zero-order valence-electron chi connectivity index (χ0n) is 11.0. The standard InChI is InChI=1S/C15H27NO/c16-14(13-4-5-13)6-3-12-7-10-17-15(11-12)8-1-2-9-15/h12-14H,1-11,16H2. The van der Waals surface area contributed by atoms with E-state index in [1.54, 1.807) is 0 Å². The van der Waals surface area contributed by atoms with Gasteiger partial charge in [0.25, 0.3) is 0 Å². The summed E-state index contributed by atoms with van der Waals surface area (Å²) < 4.78 is 6.09. The smallest absolute Gasteiger partial charge is 0.0685 e. The molecule has 0 radical (unpaired) electrons. The van der Waals surface area contributed by atoms with Crippen LogP contribution >= 0.6 is 0 Å². The van der Waals surface area contributed by atoms with E-state index >= 15 is 0 Å². The van der Waals surface area contributed by atoms with Crippen LogP contribution in [0.5, 0.6) is 0 Å². The van der Waals surface area contributed by atoms with E-state index in [2.05, 4.69) is 0 Å². The van der Waals surface area contributed by atoms with Crippen molar-refractivity contribution in [2.45, 2.75) is 75.9 Å². The molecular weight excluding hydrogens is 210 g/mol. The molecule has 0 bridgehead atoms. The van der Waals surface area contributed by atoms with Crippen LogP contribution in [0.4, 0.5) is 0 Å². The molecule has 3 aliphatic rings. The molecule has 2 heteroatoms. The maximum atomic E-state index is 6.21. The van der Waals surface area contributed by atoms with Crippen LogP contribution in [0.1, 0.15) is 64.2 Å². The van der Waals surface area contributed by atoms with Gasteiger partial charge in [0.1, 0.15) is 0 Å². The van der Waals surface area contributed by atoms with Gasteiger partial charge >= 0.3 is 0 Å². The van der Waals surface area contributed by atoms with Crippen molar-refractivity contribution in [1.29, 1.82) is 0 Å². The molecule has 98 valence electrons. The van der Waals surface area contributed by atoms with Gasteiger partial charge in [-0.15, -0.1) is 0 Å². The molecule has 2 nitrogen and oxygen atoms in total. The topological polar surface area (TPSA) is 35.2 Å². The minimum atomic E-state index is 0.298. The summed E-state index contributed by atoms with van der Waals surface area (Å²) in [7, 11) is 0. The summed E-state index contributed by atoms with van der Waals surface area (Å²) in [6.45, 7) is 1.00. The average Bonchev–Trinajstić information content (AvgIpc) is 3.10. The first kappa shape index (κ1) is 12.0. The molecule has 2 saturated carbocycles. The van der Waals surface area contributed by atoms with Crippen LogP contribution in [-0.2, 0) is 4.74 Å². The van der Waals surface area contributed by atoms with Crippen molar-refractivity contribution in [3.63, 3.8) is 0 Å². The Hall–Kier alpha value is -0.0800. The second-order valence-electron chi connectivity index (χ2n) is 6.68. The Labute approximate surface area is 105 Å². The van der Waals surface area contributed by atoms with Gasteiger partial charge in [-0.05, 0) is 63.2 Å². The van der Waals surface area contributed by atoms with Crippen molar-refractivity contribution >= 4 is 0 Å². The number of ether oxygens (including phenoxy) is 1. The lowest BCUT2D eigenvalue weighted by Gasteiger charge is -2.38. The second kappa shape index (κ2) is 4.89. The van der Waals surface area contributed by atoms with Crippen LogP contribution in [0.3, 0.4) is 0 Å². The third-order valence-electron chi connectivity index (χ3n) is 5.25. The van der Waals surface area contributed by atoms with Gasteiger partial charge in [-0.3, -0.25) is 0 Å². The molecule has 1 spiro atoms. The van der Waals surface area contributed by atoms with Crippen molar-refractivity contribution in [3.05, 3.63) is 0 Å². The summed E-state index contributed by atoms with van der Waals surface area (Å²) in [5, 5.41) is 0. The Morgan fingerprint density at radius 1 is 1.18 bits per heavy atom. The maximum Gasteiger partial charge on any atom is 0.0685 e. The summed E-state index contributed by atoms with van der Waals surface area (Å²) in [6, 6.07) is 0.498. The number of hydrogen-bond donors (Lipinski definition) is 1. The number of nitrogens with two attached hydrogens (primary N) is 1. The predicted molar refractivity (Wildman–Crippen MR) is 69.8 cm³/mol. The molecule has 0 amide bonds. The first-order chi connectivity index (χ1) is 8.27. The SMILES string of the molecule is NC(CCC1CCOC2(CCCC2)C1)C1CC1. The molecule has 1 aliphatic heterocycles. The lowest BCUT2D eigenvalue weighted by Crippen LogP contribution is -2.37. The summed E-state index contributed by atoms with van der Waals surface area (Å²) in [4.78, 5) is 0. The fourth-order valence-corrected chi connectivity index (χ4v) is 3.93. The molecule has 17 heavy (non-hydrogen) atoms. The minimum Gasteiger partial charge on any atom is -0.375 e. The highest BCUT2D eigenvalue weighted by atomic mass is 16.5. The lowest BCUT2D eigenvalue weighted by molar-refractivity contribution is -0.0940. The second-order valence-corrected chi connectivity index (χ2v) is 6.68. The summed E-state index contributed by atoms with van der Waals surface area (Å²) >= 11 is 0. The monoisotopic (exact) mass is 237 g/mol. The third kappa shape index (κ3) is 2.85. The van der Waals surface area contributed by atoms with E-state index in [9.17, 15) is 0 Å². The zero-order valence-corrected chi connectivity index (χ0v) is 11.0. The molecule has 1 heterocycles. The zero-order chi connectivity index (χ0) is 11.7. The van der Waals surface area contributed by atoms with Gasteiger partial charge in [0.15, 0.2) is 0 Å². The summed E-state index contributed by atoms with van der Waals surface area (Å²) in [5.41, 5.74) is 6.51. The van der Waals surface area contributed by atoms with Crippen LogP contribution in [0.15, 0.2) is 0 Å². The molecule has 0 aromatic rings. The number of hydrogen-bond acceptors (Lipinski definition) is 2. The van der Waals surface area contributed by atoms with E-state index in [-0.39, 0.29) is 0 Å². The largest absolute Gasteiger partial charge is 0.375 e. The third-order valence-corrected chi connectivity index (χ3v) is 5.25. The van der Waals surface area contributed by atoms with E-state index in [1.807, 2.05) is 0 Å². The van der Waals surface area contributed by atoms with Crippen molar-refractivity contribution in [2.24, 2.45) is 17.6 Å².